The molecule has 0 N–H and O–H groups in total. The van der Waals surface area contributed by atoms with Crippen molar-refractivity contribution < 1.29 is 0 Å². The first kappa shape index (κ1) is 12.5. The van der Waals surface area contributed by atoms with Crippen molar-refractivity contribution in [1.82, 2.24) is 0 Å². The van der Waals surface area contributed by atoms with Crippen molar-refractivity contribution in [2.75, 3.05) is 0 Å². The van der Waals surface area contributed by atoms with Gasteiger partial charge in [0.05, 0.1) is 4.34 Å². The van der Waals surface area contributed by atoms with Crippen LogP contribution in [-0.2, 0) is 6.42 Å². The smallest absolute Gasteiger partial charge is 0.0931 e. The quantitative estimate of drug-likeness (QED) is 0.626. The van der Waals surface area contributed by atoms with Crippen LogP contribution >= 0.6 is 38.9 Å². The van der Waals surface area contributed by atoms with E-state index in [-0.39, 0.29) is 0 Å². The van der Waals surface area contributed by atoms with Crippen molar-refractivity contribution in [2.45, 2.75) is 43.9 Å². The van der Waals surface area contributed by atoms with Crippen LogP contribution in [0.3, 0.4) is 0 Å². The molecule has 14 heavy (non-hydrogen) atoms. The summed E-state index contributed by atoms with van der Waals surface area (Å²) in [6.45, 7) is 2.23. The van der Waals surface area contributed by atoms with Gasteiger partial charge in [-0.25, -0.2) is 0 Å². The molecule has 0 fully saturated rings. The monoisotopic (exact) mass is 294 g/mol. The number of halogens is 2. The molecule has 0 nitrogen and oxygen atoms in total. The second kappa shape index (κ2) is 6.86. The van der Waals surface area contributed by atoms with Crippen LogP contribution in [0, 0.1) is 0 Å². The third-order valence-electron chi connectivity index (χ3n) is 2.17. The Balaban J connectivity index is 2.15. The number of hydrogen-bond acceptors (Lipinski definition) is 1. The van der Waals surface area contributed by atoms with Crippen LogP contribution in [-0.4, -0.2) is 4.83 Å². The number of thiophene rings is 1. The predicted molar refractivity (Wildman–Crippen MR) is 69.9 cm³/mol. The molecule has 0 saturated heterocycles. The van der Waals surface area contributed by atoms with Crippen LogP contribution in [0.2, 0.25) is 4.34 Å². The lowest BCUT2D eigenvalue weighted by molar-refractivity contribution is 0.658. The van der Waals surface area contributed by atoms with E-state index in [1.807, 2.05) is 6.07 Å². The summed E-state index contributed by atoms with van der Waals surface area (Å²) < 4.78 is 0.906. The maximum atomic E-state index is 5.86. The molecule has 0 bridgehead atoms. The van der Waals surface area contributed by atoms with Gasteiger partial charge >= 0.3 is 0 Å². The van der Waals surface area contributed by atoms with Crippen molar-refractivity contribution in [2.24, 2.45) is 0 Å². The molecule has 1 heterocycles. The Morgan fingerprint density at radius 2 is 2.21 bits per heavy atom. The zero-order chi connectivity index (χ0) is 10.4. The van der Waals surface area contributed by atoms with Gasteiger partial charge in [0.1, 0.15) is 0 Å². The van der Waals surface area contributed by atoms with Gasteiger partial charge in [-0.3, -0.25) is 0 Å². The summed E-state index contributed by atoms with van der Waals surface area (Å²) in [6, 6.07) is 4.12. The van der Waals surface area contributed by atoms with Crippen LogP contribution in [0.1, 0.15) is 37.5 Å². The van der Waals surface area contributed by atoms with Crippen LogP contribution < -0.4 is 0 Å². The maximum absolute atomic E-state index is 5.86. The lowest BCUT2D eigenvalue weighted by Crippen LogP contribution is -1.97. The Bertz CT molecular complexity index is 260. The molecule has 0 radical (unpaired) electrons. The highest BCUT2D eigenvalue weighted by molar-refractivity contribution is 9.09. The Kier molecular flexibility index (Phi) is 6.15. The standard InChI is InChI=1S/C11H16BrClS/c1-2-4-9(12)5-3-6-10-7-8-11(13)14-10/h7-9H,2-6H2,1H3. The SMILES string of the molecule is CCCC(Br)CCCc1ccc(Cl)s1. The molecule has 0 aliphatic rings. The van der Waals surface area contributed by atoms with Gasteiger partial charge in [0, 0.05) is 9.70 Å². The number of alkyl halides is 1. The van der Waals surface area contributed by atoms with Gasteiger partial charge in [-0.05, 0) is 37.8 Å². The van der Waals surface area contributed by atoms with E-state index in [4.69, 9.17) is 11.6 Å². The lowest BCUT2D eigenvalue weighted by Gasteiger charge is -2.06. The van der Waals surface area contributed by atoms with E-state index in [2.05, 4.69) is 28.9 Å². The molecule has 0 aromatic carbocycles. The van der Waals surface area contributed by atoms with Gasteiger partial charge in [0.25, 0.3) is 0 Å². The van der Waals surface area contributed by atoms with Gasteiger partial charge in [0.2, 0.25) is 0 Å². The molecular weight excluding hydrogens is 280 g/mol. The first-order chi connectivity index (χ1) is 6.72. The molecule has 80 valence electrons. The van der Waals surface area contributed by atoms with Crippen molar-refractivity contribution in [1.29, 1.82) is 0 Å². The zero-order valence-electron chi connectivity index (χ0n) is 8.43. The first-order valence-electron chi connectivity index (χ1n) is 5.10. The third kappa shape index (κ3) is 4.81. The van der Waals surface area contributed by atoms with Crippen molar-refractivity contribution in [3.05, 3.63) is 21.3 Å². The molecule has 1 rings (SSSR count). The van der Waals surface area contributed by atoms with Crippen molar-refractivity contribution in [3.8, 4) is 0 Å². The summed E-state index contributed by atoms with van der Waals surface area (Å²) in [7, 11) is 0. The summed E-state index contributed by atoms with van der Waals surface area (Å²) in [4.78, 5) is 2.11. The molecule has 0 aliphatic carbocycles. The second-order valence-electron chi connectivity index (χ2n) is 3.48. The van der Waals surface area contributed by atoms with E-state index in [0.717, 1.165) is 4.34 Å². The molecule has 1 aromatic heterocycles. The fourth-order valence-electron chi connectivity index (χ4n) is 1.44. The van der Waals surface area contributed by atoms with Gasteiger partial charge in [-0.15, -0.1) is 11.3 Å². The van der Waals surface area contributed by atoms with Crippen LogP contribution in [0.15, 0.2) is 12.1 Å². The van der Waals surface area contributed by atoms with Crippen molar-refractivity contribution in [3.63, 3.8) is 0 Å². The third-order valence-corrected chi connectivity index (χ3v) is 4.38. The first-order valence-corrected chi connectivity index (χ1v) is 7.21. The van der Waals surface area contributed by atoms with E-state index in [1.54, 1.807) is 11.3 Å². The van der Waals surface area contributed by atoms with Crippen molar-refractivity contribution >= 4 is 38.9 Å². The average Bonchev–Trinajstić information content (AvgIpc) is 2.52. The largest absolute Gasteiger partial charge is 0.128 e. The highest BCUT2D eigenvalue weighted by Gasteiger charge is 2.03. The maximum Gasteiger partial charge on any atom is 0.0931 e. The number of rotatable bonds is 6. The minimum Gasteiger partial charge on any atom is -0.128 e. The highest BCUT2D eigenvalue weighted by atomic mass is 79.9. The van der Waals surface area contributed by atoms with Crippen LogP contribution in [0.5, 0.6) is 0 Å². The summed E-state index contributed by atoms with van der Waals surface area (Å²) >= 11 is 11.3. The Labute approximate surface area is 104 Å². The minimum atomic E-state index is 0.697. The van der Waals surface area contributed by atoms with Gasteiger partial charge < -0.3 is 0 Å². The number of hydrogen-bond donors (Lipinski definition) is 0. The highest BCUT2D eigenvalue weighted by Crippen LogP contribution is 2.24. The molecule has 0 aliphatic heterocycles. The van der Waals surface area contributed by atoms with Crippen LogP contribution in [0.4, 0.5) is 0 Å². The fourth-order valence-corrected chi connectivity index (χ4v) is 3.35. The average molecular weight is 296 g/mol. The van der Waals surface area contributed by atoms with E-state index in [1.165, 1.54) is 37.0 Å². The Morgan fingerprint density at radius 1 is 1.43 bits per heavy atom. The lowest BCUT2D eigenvalue weighted by atomic mass is 10.1. The summed E-state index contributed by atoms with van der Waals surface area (Å²) in [6.07, 6.45) is 6.24. The molecule has 0 saturated carbocycles. The molecule has 1 atom stereocenters. The summed E-state index contributed by atoms with van der Waals surface area (Å²) in [5.41, 5.74) is 0. The Hall–Kier alpha value is 0.470. The van der Waals surface area contributed by atoms with E-state index < -0.39 is 0 Å². The second-order valence-corrected chi connectivity index (χ2v) is 6.58. The molecule has 1 unspecified atom stereocenters. The molecule has 0 spiro atoms. The normalized spacial score (nSPS) is 13.1. The molecular formula is C11H16BrClS. The van der Waals surface area contributed by atoms with E-state index in [9.17, 15) is 0 Å². The van der Waals surface area contributed by atoms with Gasteiger partial charge in [-0.1, -0.05) is 40.9 Å². The van der Waals surface area contributed by atoms with Gasteiger partial charge in [-0.2, -0.15) is 0 Å². The summed E-state index contributed by atoms with van der Waals surface area (Å²) in [5.74, 6) is 0. The summed E-state index contributed by atoms with van der Waals surface area (Å²) in [5, 5.41) is 0. The molecule has 0 amide bonds. The topological polar surface area (TPSA) is 0 Å². The molecule has 3 heteroatoms. The Morgan fingerprint density at radius 3 is 2.79 bits per heavy atom. The molecule has 1 aromatic rings. The van der Waals surface area contributed by atoms with Gasteiger partial charge in [0.15, 0.2) is 0 Å². The van der Waals surface area contributed by atoms with E-state index >= 15 is 0 Å². The minimum absolute atomic E-state index is 0.697. The zero-order valence-corrected chi connectivity index (χ0v) is 11.6. The van der Waals surface area contributed by atoms with E-state index in [0.29, 0.717) is 4.83 Å². The fraction of sp³-hybridized carbons (Fsp3) is 0.636. The van der Waals surface area contributed by atoms with Crippen LogP contribution in [0.25, 0.3) is 0 Å². The predicted octanol–water partition coefficient (Wildman–Crippen LogP) is 5.29. The number of aryl methyl sites for hydroxylation is 1.